The Morgan fingerprint density at radius 3 is 2.19 bits per heavy atom. The van der Waals surface area contributed by atoms with Crippen molar-refractivity contribution in [1.29, 1.82) is 0 Å². The lowest BCUT2D eigenvalue weighted by Crippen LogP contribution is -1.89. The highest BCUT2D eigenvalue weighted by Gasteiger charge is 2.15. The number of rotatable bonds is 2. The summed E-state index contributed by atoms with van der Waals surface area (Å²) >= 11 is 0. The molecular weight excluding hydrogens is 320 g/mol. The maximum Gasteiger partial charge on any atom is 0.119 e. The van der Waals surface area contributed by atoms with E-state index in [1.807, 2.05) is 94.3 Å². The number of hydrogen-bond donors (Lipinski definition) is 0. The molecule has 4 rings (SSSR count). The van der Waals surface area contributed by atoms with Gasteiger partial charge in [0.1, 0.15) is 5.69 Å². The van der Waals surface area contributed by atoms with E-state index in [0.29, 0.717) is 0 Å². The molecule has 0 aliphatic carbocycles. The summed E-state index contributed by atoms with van der Waals surface area (Å²) in [5, 5.41) is 5.72. The van der Waals surface area contributed by atoms with Gasteiger partial charge in [0.15, 0.2) is 0 Å². The van der Waals surface area contributed by atoms with E-state index in [0.717, 1.165) is 33.4 Å². The minimum absolute atomic E-state index is 0.874. The molecule has 0 aliphatic rings. The second-order valence-corrected chi connectivity index (χ2v) is 5.16. The number of aryl methyl sites for hydroxylation is 1. The van der Waals surface area contributed by atoms with Crippen LogP contribution >= 0.6 is 0 Å². The monoisotopic (exact) mass is 346 g/mol. The highest BCUT2D eigenvalue weighted by atomic mass is 15.3. The number of fused-ring (bicyclic) bond motifs is 1. The van der Waals surface area contributed by atoms with Crippen LogP contribution in [0.5, 0.6) is 0 Å². The molecule has 0 spiro atoms. The Morgan fingerprint density at radius 1 is 0.731 bits per heavy atom. The van der Waals surface area contributed by atoms with Crippen LogP contribution in [0, 0.1) is 0 Å². The molecule has 0 saturated heterocycles. The second-order valence-electron chi connectivity index (χ2n) is 5.16. The Kier molecular flexibility index (Phi) is 7.03. The molecule has 0 aliphatic heterocycles. The van der Waals surface area contributed by atoms with Gasteiger partial charge in [-0.05, 0) is 29.8 Å². The van der Waals surface area contributed by atoms with Crippen molar-refractivity contribution in [3.8, 4) is 22.5 Å². The number of pyridine rings is 2. The van der Waals surface area contributed by atoms with E-state index >= 15 is 0 Å². The van der Waals surface area contributed by atoms with E-state index in [-0.39, 0.29) is 0 Å². The average Bonchev–Trinajstić information content (AvgIpc) is 3.13. The summed E-state index contributed by atoms with van der Waals surface area (Å²) in [6, 6.07) is 16.1. The van der Waals surface area contributed by atoms with Crippen molar-refractivity contribution in [2.75, 3.05) is 0 Å². The summed E-state index contributed by atoms with van der Waals surface area (Å²) in [5.74, 6) is 0. The zero-order chi connectivity index (χ0) is 18.9. The predicted octanol–water partition coefficient (Wildman–Crippen LogP) is 5.75. The first-order chi connectivity index (χ1) is 12.8. The maximum absolute atomic E-state index is 4.60. The van der Waals surface area contributed by atoms with Gasteiger partial charge >= 0.3 is 0 Å². The van der Waals surface area contributed by atoms with Gasteiger partial charge in [-0.1, -0.05) is 52.0 Å². The maximum atomic E-state index is 4.60. The highest BCUT2D eigenvalue weighted by Crippen LogP contribution is 2.33. The molecule has 0 N–H and O–H groups in total. The zero-order valence-electron chi connectivity index (χ0n) is 16.1. The number of nitrogens with zero attached hydrogens (tertiary/aromatic N) is 4. The summed E-state index contributed by atoms with van der Waals surface area (Å²) in [6.45, 7) is 8.00. The van der Waals surface area contributed by atoms with Gasteiger partial charge in [0.05, 0.1) is 11.2 Å². The topological polar surface area (TPSA) is 43.6 Å². The van der Waals surface area contributed by atoms with Crippen LogP contribution in [0.2, 0.25) is 0 Å². The molecule has 0 atom stereocenters. The SMILES string of the molecule is CC.CC.Cn1cc(-c2ccnc3ccccc23)c(-c2ccccn2)n1. The van der Waals surface area contributed by atoms with Crippen LogP contribution in [0.1, 0.15) is 27.7 Å². The van der Waals surface area contributed by atoms with Gasteiger partial charge in [-0.15, -0.1) is 0 Å². The van der Waals surface area contributed by atoms with Crippen molar-refractivity contribution in [2.24, 2.45) is 7.05 Å². The van der Waals surface area contributed by atoms with Gasteiger partial charge in [0.2, 0.25) is 0 Å². The van der Waals surface area contributed by atoms with E-state index in [2.05, 4.69) is 21.1 Å². The van der Waals surface area contributed by atoms with Gasteiger partial charge in [-0.3, -0.25) is 14.6 Å². The van der Waals surface area contributed by atoms with Gasteiger partial charge in [-0.25, -0.2) is 0 Å². The first-order valence-corrected chi connectivity index (χ1v) is 9.12. The highest BCUT2D eigenvalue weighted by molar-refractivity contribution is 5.97. The van der Waals surface area contributed by atoms with Crippen LogP contribution in [0.4, 0.5) is 0 Å². The molecular formula is C22H26N4. The van der Waals surface area contributed by atoms with Crippen LogP contribution in [0.15, 0.2) is 67.1 Å². The smallest absolute Gasteiger partial charge is 0.119 e. The Hall–Kier alpha value is -3.01. The first kappa shape index (κ1) is 19.3. The fourth-order valence-corrected chi connectivity index (χ4v) is 2.71. The van der Waals surface area contributed by atoms with Gasteiger partial charge in [0.25, 0.3) is 0 Å². The lowest BCUT2D eigenvalue weighted by Gasteiger charge is -2.06. The summed E-state index contributed by atoms with van der Waals surface area (Å²) in [7, 11) is 1.93. The Morgan fingerprint density at radius 2 is 1.46 bits per heavy atom. The third-order valence-corrected chi connectivity index (χ3v) is 3.68. The van der Waals surface area contributed by atoms with Crippen LogP contribution in [-0.2, 0) is 7.05 Å². The van der Waals surface area contributed by atoms with E-state index in [1.54, 1.807) is 6.20 Å². The average molecular weight is 346 g/mol. The van der Waals surface area contributed by atoms with Crippen LogP contribution < -0.4 is 0 Å². The summed E-state index contributed by atoms with van der Waals surface area (Å²) in [6.07, 6.45) is 5.66. The molecule has 3 heterocycles. The fourth-order valence-electron chi connectivity index (χ4n) is 2.71. The van der Waals surface area contributed by atoms with E-state index < -0.39 is 0 Å². The molecule has 1 aromatic carbocycles. The zero-order valence-corrected chi connectivity index (χ0v) is 16.1. The van der Waals surface area contributed by atoms with Crippen molar-refractivity contribution in [3.63, 3.8) is 0 Å². The number of hydrogen-bond acceptors (Lipinski definition) is 3. The standard InChI is InChI=1S/C18H14N4.2C2H6/c1-22-12-15(18(21-22)17-8-4-5-10-19-17)13-9-11-20-16-7-3-2-6-14(13)16;2*1-2/h2-12H,1H3;2*1-2H3. The molecule has 0 amide bonds. The third kappa shape index (κ3) is 3.97. The molecule has 0 unspecified atom stereocenters. The lowest BCUT2D eigenvalue weighted by molar-refractivity contribution is 0.770. The molecule has 4 nitrogen and oxygen atoms in total. The van der Waals surface area contributed by atoms with Crippen LogP contribution in [-0.4, -0.2) is 19.7 Å². The van der Waals surface area contributed by atoms with Crippen LogP contribution in [0.3, 0.4) is 0 Å². The van der Waals surface area contributed by atoms with Gasteiger partial charge in [0, 0.05) is 36.6 Å². The molecule has 0 bridgehead atoms. The van der Waals surface area contributed by atoms with Gasteiger partial charge < -0.3 is 0 Å². The Labute approximate surface area is 155 Å². The molecule has 4 aromatic rings. The minimum Gasteiger partial charge on any atom is -0.274 e. The fraction of sp³-hybridized carbons (Fsp3) is 0.227. The lowest BCUT2D eigenvalue weighted by atomic mass is 10.0. The number of aromatic nitrogens is 4. The second kappa shape index (κ2) is 9.47. The Bertz CT molecular complexity index is 937. The molecule has 0 radical (unpaired) electrons. The predicted molar refractivity (Wildman–Crippen MR) is 110 cm³/mol. The van der Waals surface area contributed by atoms with Crippen molar-refractivity contribution in [1.82, 2.24) is 19.7 Å². The quantitative estimate of drug-likeness (QED) is 0.464. The van der Waals surface area contributed by atoms with Crippen molar-refractivity contribution >= 4 is 10.9 Å². The third-order valence-electron chi connectivity index (χ3n) is 3.68. The largest absolute Gasteiger partial charge is 0.274 e. The van der Waals surface area contributed by atoms with Crippen molar-refractivity contribution in [2.45, 2.75) is 27.7 Å². The minimum atomic E-state index is 0.874. The number of para-hydroxylation sites is 1. The van der Waals surface area contributed by atoms with Gasteiger partial charge in [-0.2, -0.15) is 5.10 Å². The Balaban J connectivity index is 0.000000570. The van der Waals surface area contributed by atoms with Crippen LogP contribution in [0.25, 0.3) is 33.4 Å². The molecule has 26 heavy (non-hydrogen) atoms. The molecule has 4 heteroatoms. The first-order valence-electron chi connectivity index (χ1n) is 9.12. The van der Waals surface area contributed by atoms with E-state index in [9.17, 15) is 0 Å². The molecule has 3 aromatic heterocycles. The van der Waals surface area contributed by atoms with E-state index in [4.69, 9.17) is 0 Å². The molecule has 134 valence electrons. The normalized spacial score (nSPS) is 9.73. The summed E-state index contributed by atoms with van der Waals surface area (Å²) < 4.78 is 1.83. The van der Waals surface area contributed by atoms with Crippen molar-refractivity contribution in [3.05, 3.63) is 67.1 Å². The molecule has 0 fully saturated rings. The summed E-state index contributed by atoms with van der Waals surface area (Å²) in [4.78, 5) is 8.87. The summed E-state index contributed by atoms with van der Waals surface area (Å²) in [5.41, 5.74) is 4.94. The van der Waals surface area contributed by atoms with E-state index in [1.165, 1.54) is 0 Å². The van der Waals surface area contributed by atoms with Crippen molar-refractivity contribution < 1.29 is 0 Å². The number of benzene rings is 1. The molecule has 0 saturated carbocycles.